The van der Waals surface area contributed by atoms with Crippen LogP contribution in [0.3, 0.4) is 0 Å². The number of rotatable bonds is 5. The van der Waals surface area contributed by atoms with Gasteiger partial charge in [-0.05, 0) is 80.0 Å². The van der Waals surface area contributed by atoms with Crippen molar-refractivity contribution in [3.8, 4) is 0 Å². The summed E-state index contributed by atoms with van der Waals surface area (Å²) in [6, 6.07) is 6.78. The summed E-state index contributed by atoms with van der Waals surface area (Å²) in [6.07, 6.45) is 6.23. The maximum absolute atomic E-state index is 12.9. The molecule has 0 atom stereocenters. The van der Waals surface area contributed by atoms with Crippen molar-refractivity contribution in [1.29, 1.82) is 0 Å². The van der Waals surface area contributed by atoms with Crippen molar-refractivity contribution in [3.63, 3.8) is 0 Å². The Morgan fingerprint density at radius 3 is 2.11 bits per heavy atom. The molecule has 0 radical (unpaired) electrons. The average Bonchev–Trinajstić information content (AvgIpc) is 2.65. The highest BCUT2D eigenvalue weighted by atomic mass is 16.5. The van der Waals surface area contributed by atoms with E-state index in [4.69, 9.17) is 0 Å². The highest BCUT2D eigenvalue weighted by Crippen LogP contribution is 2.56. The van der Waals surface area contributed by atoms with Crippen molar-refractivity contribution in [2.75, 3.05) is 19.0 Å². The van der Waals surface area contributed by atoms with Crippen LogP contribution in [-0.2, 0) is 14.3 Å². The SMILES string of the molecule is COC(=O)CNC(=O)c1ccc(NC(=O)C2C3CC4CC(C3)CC2C4)cc1. The zero-order chi connectivity index (χ0) is 19.0. The quantitative estimate of drug-likeness (QED) is 0.781. The molecule has 4 aliphatic carbocycles. The van der Waals surface area contributed by atoms with Gasteiger partial charge in [0.25, 0.3) is 5.91 Å². The van der Waals surface area contributed by atoms with Crippen LogP contribution in [0.15, 0.2) is 24.3 Å². The van der Waals surface area contributed by atoms with Gasteiger partial charge in [0.15, 0.2) is 0 Å². The smallest absolute Gasteiger partial charge is 0.325 e. The third kappa shape index (κ3) is 3.70. The molecule has 1 aromatic carbocycles. The molecule has 0 aliphatic heterocycles. The lowest BCUT2D eigenvalue weighted by atomic mass is 9.51. The number of nitrogens with one attached hydrogen (secondary N) is 2. The summed E-state index contributed by atoms with van der Waals surface area (Å²) in [5, 5.41) is 5.55. The van der Waals surface area contributed by atoms with E-state index in [1.165, 1.54) is 39.2 Å². The predicted octanol–water partition coefficient (Wildman–Crippen LogP) is 2.60. The van der Waals surface area contributed by atoms with Crippen LogP contribution in [0, 0.1) is 29.6 Å². The summed E-state index contributed by atoms with van der Waals surface area (Å²) >= 11 is 0. The van der Waals surface area contributed by atoms with E-state index >= 15 is 0 Å². The second-order valence-corrected chi connectivity index (χ2v) is 8.28. The number of hydrogen-bond donors (Lipinski definition) is 2. The van der Waals surface area contributed by atoms with Crippen LogP contribution >= 0.6 is 0 Å². The first-order chi connectivity index (χ1) is 13.0. The van der Waals surface area contributed by atoms with Gasteiger partial charge in [-0.25, -0.2) is 0 Å². The van der Waals surface area contributed by atoms with Crippen molar-refractivity contribution < 1.29 is 19.1 Å². The Labute approximate surface area is 159 Å². The maximum atomic E-state index is 12.9. The van der Waals surface area contributed by atoms with Crippen LogP contribution in [0.5, 0.6) is 0 Å². The molecule has 1 aromatic rings. The van der Waals surface area contributed by atoms with Crippen LogP contribution in [0.25, 0.3) is 0 Å². The first-order valence-electron chi connectivity index (χ1n) is 9.79. The van der Waals surface area contributed by atoms with Gasteiger partial charge >= 0.3 is 5.97 Å². The molecular weight excluding hydrogens is 344 g/mol. The minimum absolute atomic E-state index is 0.131. The average molecular weight is 370 g/mol. The number of methoxy groups -OCH3 is 1. The van der Waals surface area contributed by atoms with Gasteiger partial charge in [0.2, 0.25) is 5.91 Å². The van der Waals surface area contributed by atoms with Crippen LogP contribution in [0.1, 0.15) is 42.5 Å². The fourth-order valence-corrected chi connectivity index (χ4v) is 5.61. The Morgan fingerprint density at radius 1 is 0.963 bits per heavy atom. The first kappa shape index (κ1) is 18.0. The number of esters is 1. The van der Waals surface area contributed by atoms with Crippen molar-refractivity contribution in [1.82, 2.24) is 5.32 Å². The van der Waals surface area contributed by atoms with Crippen LogP contribution in [-0.4, -0.2) is 31.4 Å². The van der Waals surface area contributed by atoms with E-state index in [-0.39, 0.29) is 24.3 Å². The number of anilines is 1. The van der Waals surface area contributed by atoms with Gasteiger partial charge in [-0.3, -0.25) is 14.4 Å². The summed E-state index contributed by atoms with van der Waals surface area (Å²) in [5.41, 5.74) is 1.14. The molecule has 6 heteroatoms. The van der Waals surface area contributed by atoms with Gasteiger partial charge < -0.3 is 15.4 Å². The molecule has 2 N–H and O–H groups in total. The molecule has 0 heterocycles. The Morgan fingerprint density at radius 2 is 1.56 bits per heavy atom. The molecule has 0 saturated heterocycles. The van der Waals surface area contributed by atoms with E-state index in [2.05, 4.69) is 15.4 Å². The number of hydrogen-bond acceptors (Lipinski definition) is 4. The fraction of sp³-hybridized carbons (Fsp3) is 0.571. The summed E-state index contributed by atoms with van der Waals surface area (Å²) in [6.45, 7) is -0.166. The van der Waals surface area contributed by atoms with Crippen LogP contribution in [0.2, 0.25) is 0 Å². The Bertz CT molecular complexity index is 715. The molecular formula is C21H26N2O4. The van der Waals surface area contributed by atoms with E-state index in [1.54, 1.807) is 24.3 Å². The number of benzene rings is 1. The molecule has 0 aromatic heterocycles. The van der Waals surface area contributed by atoms with E-state index in [0.717, 1.165) is 11.8 Å². The predicted molar refractivity (Wildman–Crippen MR) is 100.0 cm³/mol. The molecule has 0 unspecified atom stereocenters. The van der Waals surface area contributed by atoms with E-state index in [9.17, 15) is 14.4 Å². The van der Waals surface area contributed by atoms with Crippen LogP contribution < -0.4 is 10.6 Å². The molecule has 2 amide bonds. The summed E-state index contributed by atoms with van der Waals surface area (Å²) in [5.74, 6) is 2.21. The van der Waals surface area contributed by atoms with E-state index < -0.39 is 5.97 Å². The molecule has 4 bridgehead atoms. The normalized spacial score (nSPS) is 30.6. The molecule has 5 rings (SSSR count). The largest absolute Gasteiger partial charge is 0.468 e. The van der Waals surface area contributed by atoms with Gasteiger partial charge in [0, 0.05) is 17.2 Å². The number of amides is 2. The zero-order valence-electron chi connectivity index (χ0n) is 15.6. The van der Waals surface area contributed by atoms with Crippen molar-refractivity contribution >= 4 is 23.5 Å². The summed E-state index contributed by atoms with van der Waals surface area (Å²) in [4.78, 5) is 36.0. The lowest BCUT2D eigenvalue weighted by Crippen LogP contribution is -2.49. The first-order valence-corrected chi connectivity index (χ1v) is 9.79. The van der Waals surface area contributed by atoms with Gasteiger partial charge in [-0.15, -0.1) is 0 Å². The summed E-state index contributed by atoms with van der Waals surface area (Å²) < 4.78 is 4.50. The van der Waals surface area contributed by atoms with Gasteiger partial charge in [-0.2, -0.15) is 0 Å². The lowest BCUT2D eigenvalue weighted by molar-refractivity contribution is -0.139. The molecule has 27 heavy (non-hydrogen) atoms. The van der Waals surface area contributed by atoms with E-state index in [0.29, 0.717) is 23.1 Å². The number of carbonyl (C=O) groups excluding carboxylic acids is 3. The van der Waals surface area contributed by atoms with Gasteiger partial charge in [0.05, 0.1) is 7.11 Å². The third-order valence-electron chi connectivity index (χ3n) is 6.57. The second-order valence-electron chi connectivity index (χ2n) is 8.28. The monoisotopic (exact) mass is 370 g/mol. The Kier molecular flexibility index (Phi) is 4.89. The summed E-state index contributed by atoms with van der Waals surface area (Å²) in [7, 11) is 1.27. The fourth-order valence-electron chi connectivity index (χ4n) is 5.61. The molecule has 6 nitrogen and oxygen atoms in total. The van der Waals surface area contributed by atoms with Crippen molar-refractivity contribution in [2.45, 2.75) is 32.1 Å². The topological polar surface area (TPSA) is 84.5 Å². The Balaban J connectivity index is 1.35. The highest BCUT2D eigenvalue weighted by Gasteiger charge is 2.50. The van der Waals surface area contributed by atoms with Crippen molar-refractivity contribution in [3.05, 3.63) is 29.8 Å². The minimum Gasteiger partial charge on any atom is -0.468 e. The van der Waals surface area contributed by atoms with Gasteiger partial charge in [-0.1, -0.05) is 0 Å². The molecule has 4 fully saturated rings. The third-order valence-corrected chi connectivity index (χ3v) is 6.57. The van der Waals surface area contributed by atoms with Gasteiger partial charge in [0.1, 0.15) is 6.54 Å². The van der Waals surface area contributed by atoms with E-state index in [1.807, 2.05) is 0 Å². The number of carbonyl (C=O) groups is 3. The number of ether oxygens (including phenoxy) is 1. The highest BCUT2D eigenvalue weighted by molar-refractivity contribution is 5.97. The van der Waals surface area contributed by atoms with Crippen LogP contribution in [0.4, 0.5) is 5.69 Å². The minimum atomic E-state index is -0.497. The second kappa shape index (κ2) is 7.33. The molecule has 4 saturated carbocycles. The lowest BCUT2D eigenvalue weighted by Gasteiger charge is -2.53. The van der Waals surface area contributed by atoms with Crippen molar-refractivity contribution in [2.24, 2.45) is 29.6 Å². The molecule has 4 aliphatic rings. The molecule has 0 spiro atoms. The maximum Gasteiger partial charge on any atom is 0.325 e. The zero-order valence-corrected chi connectivity index (χ0v) is 15.6. The Hall–Kier alpha value is -2.37. The molecule has 144 valence electrons. The standard InChI is InChI=1S/C21H26N2O4/c1-27-18(24)11-22-20(25)14-2-4-17(5-3-14)23-21(26)19-15-7-12-6-13(9-15)10-16(19)8-12/h2-5,12-13,15-16,19H,6-11H2,1H3,(H,22,25)(H,23,26).